The molecule has 2 amide bonds. The van der Waals surface area contributed by atoms with E-state index in [1.165, 1.54) is 0 Å². The number of amides is 2. The van der Waals surface area contributed by atoms with Gasteiger partial charge in [-0.15, -0.1) is 5.12 Å². The average molecular weight is 267 g/mol. The zero-order valence-electron chi connectivity index (χ0n) is 9.93. The van der Waals surface area contributed by atoms with Crippen molar-refractivity contribution in [1.29, 1.82) is 0 Å². The van der Waals surface area contributed by atoms with Crippen molar-refractivity contribution in [2.45, 2.75) is 39.0 Å². The maximum absolute atomic E-state index is 11.1. The van der Waals surface area contributed by atoms with Gasteiger partial charge in [0, 0.05) is 13.8 Å². The minimum atomic E-state index is -4.42. The fourth-order valence-corrected chi connectivity index (χ4v) is 2.07. The van der Waals surface area contributed by atoms with Gasteiger partial charge in [0.25, 0.3) is 10.1 Å². The van der Waals surface area contributed by atoms with Crippen LogP contribution < -0.4 is 10.9 Å². The Kier molecular flexibility index (Phi) is 6.07. The lowest BCUT2D eigenvalue weighted by atomic mass is 10.3. The van der Waals surface area contributed by atoms with Crippen molar-refractivity contribution in [1.82, 2.24) is 16.0 Å². The third kappa shape index (κ3) is 6.19. The molecule has 0 saturated heterocycles. The van der Waals surface area contributed by atoms with Crippen LogP contribution in [0.2, 0.25) is 0 Å². The molecule has 0 saturated carbocycles. The van der Waals surface area contributed by atoms with Crippen molar-refractivity contribution in [2.75, 3.05) is 0 Å². The van der Waals surface area contributed by atoms with E-state index >= 15 is 0 Å². The van der Waals surface area contributed by atoms with Crippen molar-refractivity contribution in [3.05, 3.63) is 0 Å². The molecule has 1 atom stereocenters. The van der Waals surface area contributed by atoms with Crippen LogP contribution in [0.1, 0.15) is 33.6 Å². The summed E-state index contributed by atoms with van der Waals surface area (Å²) in [6, 6.07) is 0. The lowest BCUT2D eigenvalue weighted by Crippen LogP contribution is -2.59. The van der Waals surface area contributed by atoms with E-state index in [0.29, 0.717) is 11.5 Å². The van der Waals surface area contributed by atoms with Gasteiger partial charge in [0.1, 0.15) is 0 Å². The first-order chi connectivity index (χ1) is 7.68. The van der Waals surface area contributed by atoms with Gasteiger partial charge in [-0.25, -0.2) is 0 Å². The van der Waals surface area contributed by atoms with Crippen LogP contribution >= 0.6 is 0 Å². The molecule has 3 N–H and O–H groups in total. The van der Waals surface area contributed by atoms with Crippen molar-refractivity contribution in [3.8, 4) is 0 Å². The lowest BCUT2D eigenvalue weighted by Gasteiger charge is -2.28. The first-order valence-electron chi connectivity index (χ1n) is 4.98. The molecule has 0 heterocycles. The Balaban J connectivity index is 5.05. The summed E-state index contributed by atoms with van der Waals surface area (Å²) in [6.07, 6.45) is 0.500. The summed E-state index contributed by atoms with van der Waals surface area (Å²) in [6.45, 7) is 4.02. The fraction of sp³-hybridized carbons (Fsp3) is 0.750. The number of hydrogen-bond donors (Lipinski definition) is 3. The van der Waals surface area contributed by atoms with E-state index in [4.69, 9.17) is 4.55 Å². The number of rotatable bonds is 6. The molecular formula is C8H17N3O5S. The predicted molar refractivity (Wildman–Crippen MR) is 59.7 cm³/mol. The van der Waals surface area contributed by atoms with Gasteiger partial charge in [-0.05, 0) is 6.42 Å². The van der Waals surface area contributed by atoms with Crippen LogP contribution in [0.3, 0.4) is 0 Å². The topological polar surface area (TPSA) is 116 Å². The molecule has 0 spiro atoms. The molecule has 0 aliphatic carbocycles. The molecule has 0 fully saturated rings. The highest BCUT2D eigenvalue weighted by Gasteiger charge is 2.30. The van der Waals surface area contributed by atoms with Crippen LogP contribution in [0.15, 0.2) is 0 Å². The van der Waals surface area contributed by atoms with Gasteiger partial charge >= 0.3 is 0 Å². The van der Waals surface area contributed by atoms with Crippen molar-refractivity contribution in [3.63, 3.8) is 0 Å². The molecular weight excluding hydrogens is 250 g/mol. The molecule has 17 heavy (non-hydrogen) atoms. The molecule has 0 aromatic heterocycles. The number of hydrogen-bond acceptors (Lipinski definition) is 5. The minimum Gasteiger partial charge on any atom is -0.284 e. The number of nitrogens with zero attached hydrogens (tertiary/aromatic N) is 1. The number of nitrogens with one attached hydrogen (secondary N) is 2. The second-order valence-electron chi connectivity index (χ2n) is 3.46. The van der Waals surface area contributed by atoms with E-state index in [1.807, 2.05) is 0 Å². The Morgan fingerprint density at radius 1 is 1.24 bits per heavy atom. The summed E-state index contributed by atoms with van der Waals surface area (Å²) >= 11 is 0. The number of carbonyl (C=O) groups is 2. The van der Waals surface area contributed by atoms with Crippen LogP contribution in [0.4, 0.5) is 0 Å². The molecule has 100 valence electrons. The van der Waals surface area contributed by atoms with E-state index in [2.05, 4.69) is 10.9 Å². The maximum atomic E-state index is 11.1. The molecule has 0 aliphatic rings. The second kappa shape index (κ2) is 6.52. The molecule has 9 heteroatoms. The molecule has 0 aromatic carbocycles. The highest BCUT2D eigenvalue weighted by atomic mass is 32.2. The molecule has 0 rings (SSSR count). The van der Waals surface area contributed by atoms with Crippen molar-refractivity contribution >= 4 is 21.9 Å². The van der Waals surface area contributed by atoms with Crippen LogP contribution in [0.5, 0.6) is 0 Å². The fourth-order valence-electron chi connectivity index (χ4n) is 1.17. The van der Waals surface area contributed by atoms with Crippen LogP contribution in [-0.2, 0) is 19.7 Å². The van der Waals surface area contributed by atoms with Gasteiger partial charge in [-0.3, -0.25) is 25.0 Å². The lowest BCUT2D eigenvalue weighted by molar-refractivity contribution is -0.132. The molecule has 0 aromatic rings. The Labute approximate surface area is 100 Å². The molecule has 0 aliphatic heterocycles. The molecule has 0 radical (unpaired) electrons. The van der Waals surface area contributed by atoms with E-state index < -0.39 is 27.3 Å². The largest absolute Gasteiger partial charge is 0.285 e. The number of hydrazine groups is 2. The van der Waals surface area contributed by atoms with Gasteiger partial charge in [0.05, 0.1) is 0 Å². The third-order valence-electron chi connectivity index (χ3n) is 1.72. The molecule has 8 nitrogen and oxygen atoms in total. The zero-order valence-corrected chi connectivity index (χ0v) is 10.7. The quantitative estimate of drug-likeness (QED) is 0.437. The van der Waals surface area contributed by atoms with Gasteiger partial charge < -0.3 is 0 Å². The SMILES string of the molecule is CCCC(N(NC(C)=O)NC(C)=O)S(=O)(=O)O. The molecule has 0 bridgehead atoms. The van der Waals surface area contributed by atoms with Crippen LogP contribution in [0, 0.1) is 0 Å². The Morgan fingerprint density at radius 3 is 1.88 bits per heavy atom. The maximum Gasteiger partial charge on any atom is 0.285 e. The summed E-state index contributed by atoms with van der Waals surface area (Å²) in [5.74, 6) is -1.13. The highest BCUT2D eigenvalue weighted by molar-refractivity contribution is 7.86. The monoisotopic (exact) mass is 267 g/mol. The third-order valence-corrected chi connectivity index (χ3v) is 2.86. The summed E-state index contributed by atoms with van der Waals surface area (Å²) in [5.41, 5.74) is 4.25. The van der Waals surface area contributed by atoms with E-state index in [0.717, 1.165) is 13.8 Å². The standard InChI is InChI=1S/C8H17N3O5S/c1-4-5-8(17(14,15)16)11(9-6(2)12)10-7(3)13/h8H,4-5H2,1-3H3,(H,9,12)(H,10,13)(H,14,15,16). The minimum absolute atomic E-state index is 0.0550. The first-order valence-corrected chi connectivity index (χ1v) is 6.48. The van der Waals surface area contributed by atoms with Gasteiger partial charge in [-0.1, -0.05) is 13.3 Å². The van der Waals surface area contributed by atoms with Crippen LogP contribution in [-0.4, -0.2) is 35.3 Å². The smallest absolute Gasteiger partial charge is 0.284 e. The Hall–Kier alpha value is -1.19. The highest BCUT2D eigenvalue weighted by Crippen LogP contribution is 2.09. The number of carbonyl (C=O) groups excluding carboxylic acids is 2. The Morgan fingerprint density at radius 2 is 1.65 bits per heavy atom. The van der Waals surface area contributed by atoms with E-state index in [1.54, 1.807) is 6.92 Å². The predicted octanol–water partition coefficient (Wildman–Crippen LogP) is -0.595. The normalized spacial score (nSPS) is 13.2. The average Bonchev–Trinajstić information content (AvgIpc) is 2.09. The van der Waals surface area contributed by atoms with Crippen LogP contribution in [0.25, 0.3) is 0 Å². The summed E-state index contributed by atoms with van der Waals surface area (Å²) < 4.78 is 31.3. The summed E-state index contributed by atoms with van der Waals surface area (Å²) in [7, 11) is -4.42. The van der Waals surface area contributed by atoms with Gasteiger partial charge in [0.15, 0.2) is 5.37 Å². The summed E-state index contributed by atoms with van der Waals surface area (Å²) in [5, 5.41) is -0.718. The zero-order chi connectivity index (χ0) is 13.6. The molecule has 1 unspecified atom stereocenters. The van der Waals surface area contributed by atoms with Crippen molar-refractivity contribution < 1.29 is 22.6 Å². The van der Waals surface area contributed by atoms with Gasteiger partial charge in [-0.2, -0.15) is 8.42 Å². The van der Waals surface area contributed by atoms with E-state index in [9.17, 15) is 18.0 Å². The van der Waals surface area contributed by atoms with Crippen molar-refractivity contribution in [2.24, 2.45) is 0 Å². The second-order valence-corrected chi connectivity index (χ2v) is 5.04. The van der Waals surface area contributed by atoms with E-state index in [-0.39, 0.29) is 6.42 Å². The van der Waals surface area contributed by atoms with Gasteiger partial charge in [0.2, 0.25) is 11.8 Å². The first kappa shape index (κ1) is 15.8. The Bertz CT molecular complexity index is 365. The summed E-state index contributed by atoms with van der Waals surface area (Å²) in [4.78, 5) is 21.8.